The summed E-state index contributed by atoms with van der Waals surface area (Å²) in [5.41, 5.74) is 0.517. The van der Waals surface area contributed by atoms with Crippen LogP contribution in [-0.4, -0.2) is 56.6 Å². The van der Waals surface area contributed by atoms with Crippen molar-refractivity contribution in [3.63, 3.8) is 0 Å². The number of ether oxygens (including phenoxy) is 1. The van der Waals surface area contributed by atoms with Crippen LogP contribution in [0.15, 0.2) is 17.5 Å². The van der Waals surface area contributed by atoms with Crippen LogP contribution >= 0.6 is 11.3 Å². The molecule has 2 heterocycles. The minimum absolute atomic E-state index is 0.145. The molecule has 1 aromatic rings. The second kappa shape index (κ2) is 6.54. The largest absolute Gasteiger partial charge is 0.375 e. The Morgan fingerprint density at radius 2 is 2.04 bits per heavy atom. The van der Waals surface area contributed by atoms with Crippen LogP contribution in [0.3, 0.4) is 0 Å². The molecule has 4 nitrogen and oxygen atoms in total. The lowest BCUT2D eigenvalue weighted by atomic mass is 9.66. The van der Waals surface area contributed by atoms with Gasteiger partial charge in [-0.05, 0) is 63.1 Å². The lowest BCUT2D eigenvalue weighted by Gasteiger charge is -2.48. The quantitative estimate of drug-likeness (QED) is 0.847. The molecule has 0 N–H and O–H groups in total. The van der Waals surface area contributed by atoms with E-state index < -0.39 is 0 Å². The van der Waals surface area contributed by atoms with Crippen molar-refractivity contribution in [1.82, 2.24) is 9.80 Å². The van der Waals surface area contributed by atoms with Crippen molar-refractivity contribution in [1.29, 1.82) is 0 Å². The predicted octanol–water partition coefficient (Wildman–Crippen LogP) is 2.94. The summed E-state index contributed by atoms with van der Waals surface area (Å²) in [5.74, 6) is 0.145. The monoisotopic (exact) mass is 336 g/mol. The Morgan fingerprint density at radius 3 is 2.61 bits per heavy atom. The minimum atomic E-state index is 0.145. The summed E-state index contributed by atoms with van der Waals surface area (Å²) in [6.07, 6.45) is 5.94. The van der Waals surface area contributed by atoms with E-state index in [0.29, 0.717) is 5.41 Å². The average Bonchev–Trinajstić information content (AvgIpc) is 3.19. The molecule has 1 spiro atoms. The maximum atomic E-state index is 12.1. The molecule has 5 heteroatoms. The van der Waals surface area contributed by atoms with Gasteiger partial charge >= 0.3 is 0 Å². The van der Waals surface area contributed by atoms with E-state index >= 15 is 0 Å². The first kappa shape index (κ1) is 16.9. The van der Waals surface area contributed by atoms with Crippen molar-refractivity contribution in [3.8, 4) is 0 Å². The van der Waals surface area contributed by atoms with Gasteiger partial charge in [0, 0.05) is 25.1 Å². The highest BCUT2D eigenvalue weighted by Crippen LogP contribution is 2.52. The molecule has 1 aliphatic carbocycles. The van der Waals surface area contributed by atoms with Gasteiger partial charge in [-0.2, -0.15) is 0 Å². The van der Waals surface area contributed by atoms with Crippen molar-refractivity contribution < 1.29 is 9.53 Å². The number of thiophene rings is 1. The van der Waals surface area contributed by atoms with Crippen LogP contribution in [0, 0.1) is 5.41 Å². The highest BCUT2D eigenvalue weighted by molar-refractivity contribution is 7.10. The highest BCUT2D eigenvalue weighted by atomic mass is 32.1. The topological polar surface area (TPSA) is 32.8 Å². The molecule has 0 bridgehead atoms. The lowest BCUT2D eigenvalue weighted by molar-refractivity contribution is -0.134. The number of rotatable bonds is 4. The third-order valence-electron chi connectivity index (χ3n) is 6.03. The first-order valence-electron chi connectivity index (χ1n) is 8.50. The van der Waals surface area contributed by atoms with E-state index in [-0.39, 0.29) is 18.1 Å². The summed E-state index contributed by atoms with van der Waals surface area (Å²) in [6.45, 7) is 2.03. The third kappa shape index (κ3) is 3.06. The van der Waals surface area contributed by atoms with Crippen molar-refractivity contribution in [2.75, 3.05) is 40.9 Å². The first-order valence-corrected chi connectivity index (χ1v) is 9.37. The van der Waals surface area contributed by atoms with E-state index in [4.69, 9.17) is 4.74 Å². The molecule has 23 heavy (non-hydrogen) atoms. The standard InChI is InChI=1S/C18H28N2O2S/c1-19(2)18(15-5-4-12-23-15)8-6-17(7-9-18)10-11-20(14-17)16(21)13-22-3/h4-5,12H,6-11,13-14H2,1-3H3. The summed E-state index contributed by atoms with van der Waals surface area (Å²) in [5, 5.41) is 2.19. The number of carbonyl (C=O) groups is 1. The minimum Gasteiger partial charge on any atom is -0.375 e. The molecule has 2 aliphatic rings. The number of hydrogen-bond acceptors (Lipinski definition) is 4. The Hall–Kier alpha value is -0.910. The van der Waals surface area contributed by atoms with Crippen LogP contribution < -0.4 is 0 Å². The fourth-order valence-electron chi connectivity index (χ4n) is 4.42. The summed E-state index contributed by atoms with van der Waals surface area (Å²) >= 11 is 1.88. The van der Waals surface area contributed by atoms with Crippen molar-refractivity contribution in [3.05, 3.63) is 22.4 Å². The molecule has 0 radical (unpaired) electrons. The molecule has 1 amide bonds. The number of amides is 1. The highest BCUT2D eigenvalue weighted by Gasteiger charge is 2.48. The zero-order valence-electron chi connectivity index (χ0n) is 14.5. The molecule has 0 aromatic carbocycles. The van der Waals surface area contributed by atoms with E-state index in [9.17, 15) is 4.79 Å². The van der Waals surface area contributed by atoms with Gasteiger partial charge in [0.25, 0.3) is 0 Å². The van der Waals surface area contributed by atoms with Gasteiger partial charge in [0.2, 0.25) is 5.91 Å². The van der Waals surface area contributed by atoms with Crippen LogP contribution in [0.5, 0.6) is 0 Å². The second-order valence-corrected chi connectivity index (χ2v) is 8.35. The van der Waals surface area contributed by atoms with Gasteiger partial charge in [-0.1, -0.05) is 6.07 Å². The summed E-state index contributed by atoms with van der Waals surface area (Å²) in [7, 11) is 6.01. The summed E-state index contributed by atoms with van der Waals surface area (Å²) in [6, 6.07) is 4.45. The number of hydrogen-bond donors (Lipinski definition) is 0. The molecule has 0 unspecified atom stereocenters. The van der Waals surface area contributed by atoms with Crippen molar-refractivity contribution in [2.45, 2.75) is 37.6 Å². The second-order valence-electron chi connectivity index (χ2n) is 7.40. The van der Waals surface area contributed by atoms with E-state index in [1.165, 1.54) is 30.6 Å². The van der Waals surface area contributed by atoms with Crippen LogP contribution in [-0.2, 0) is 15.1 Å². The van der Waals surface area contributed by atoms with E-state index in [1.54, 1.807) is 7.11 Å². The smallest absolute Gasteiger partial charge is 0.248 e. The maximum Gasteiger partial charge on any atom is 0.248 e. The first-order chi connectivity index (χ1) is 11.0. The number of likely N-dealkylation sites (tertiary alicyclic amines) is 1. The number of nitrogens with zero attached hydrogens (tertiary/aromatic N) is 2. The Labute approximate surface area is 143 Å². The molecular weight excluding hydrogens is 308 g/mol. The van der Waals surface area contributed by atoms with Gasteiger partial charge in [0.05, 0.1) is 5.54 Å². The molecule has 0 atom stereocenters. The predicted molar refractivity (Wildman–Crippen MR) is 93.7 cm³/mol. The third-order valence-corrected chi connectivity index (χ3v) is 7.10. The van der Waals surface area contributed by atoms with E-state index in [1.807, 2.05) is 16.2 Å². The zero-order valence-corrected chi connectivity index (χ0v) is 15.3. The summed E-state index contributed by atoms with van der Waals surface area (Å²) in [4.78, 5) is 18.0. The maximum absolute atomic E-state index is 12.1. The molecule has 1 aliphatic heterocycles. The number of methoxy groups -OCH3 is 1. The zero-order chi connectivity index (χ0) is 16.5. The van der Waals surface area contributed by atoms with Gasteiger partial charge in [0.15, 0.2) is 0 Å². The molecule has 1 saturated carbocycles. The Kier molecular flexibility index (Phi) is 4.81. The van der Waals surface area contributed by atoms with Crippen LogP contribution in [0.2, 0.25) is 0 Å². The molecule has 128 valence electrons. The molecule has 1 saturated heterocycles. The Balaban J connectivity index is 1.69. The molecule has 3 rings (SSSR count). The summed E-state index contributed by atoms with van der Waals surface area (Å²) < 4.78 is 5.01. The van der Waals surface area contributed by atoms with Gasteiger partial charge in [-0.25, -0.2) is 0 Å². The van der Waals surface area contributed by atoms with E-state index in [0.717, 1.165) is 19.5 Å². The Bertz CT molecular complexity index is 533. The fraction of sp³-hybridized carbons (Fsp3) is 0.722. The van der Waals surface area contributed by atoms with Gasteiger partial charge in [-0.15, -0.1) is 11.3 Å². The average molecular weight is 337 g/mol. The van der Waals surface area contributed by atoms with Gasteiger partial charge < -0.3 is 9.64 Å². The Morgan fingerprint density at radius 1 is 1.30 bits per heavy atom. The lowest BCUT2D eigenvalue weighted by Crippen LogP contribution is -2.47. The normalized spacial score (nSPS) is 31.2. The van der Waals surface area contributed by atoms with Gasteiger partial charge in [0.1, 0.15) is 6.61 Å². The molecule has 1 aromatic heterocycles. The molecule has 2 fully saturated rings. The van der Waals surface area contributed by atoms with Gasteiger partial charge in [-0.3, -0.25) is 9.69 Å². The van der Waals surface area contributed by atoms with Crippen LogP contribution in [0.4, 0.5) is 0 Å². The van der Waals surface area contributed by atoms with E-state index in [2.05, 4.69) is 36.5 Å². The fourth-order valence-corrected chi connectivity index (χ4v) is 5.49. The molecular formula is C18H28N2O2S. The number of carbonyl (C=O) groups excluding carboxylic acids is 1. The van der Waals surface area contributed by atoms with Crippen LogP contribution in [0.25, 0.3) is 0 Å². The SMILES string of the molecule is COCC(=O)N1CCC2(CCC(c3cccs3)(N(C)C)CC2)C1. The van der Waals surface area contributed by atoms with Crippen LogP contribution in [0.1, 0.15) is 37.0 Å². The van der Waals surface area contributed by atoms with Crippen molar-refractivity contribution >= 4 is 17.2 Å². The van der Waals surface area contributed by atoms with Crippen molar-refractivity contribution in [2.24, 2.45) is 5.41 Å².